The zero-order valence-corrected chi connectivity index (χ0v) is 19.0. The highest BCUT2D eigenvalue weighted by atomic mass is 32.2. The molecule has 164 valence electrons. The highest BCUT2D eigenvalue weighted by Crippen LogP contribution is 2.32. The smallest absolute Gasteiger partial charge is 0.293 e. The molecular formula is C23H23N5O3S. The molecular weight excluding hydrogens is 426 g/mol. The van der Waals surface area contributed by atoms with Gasteiger partial charge in [-0.15, -0.1) is 0 Å². The summed E-state index contributed by atoms with van der Waals surface area (Å²) in [6.07, 6.45) is 4.95. The molecule has 2 amide bonds. The van der Waals surface area contributed by atoms with E-state index in [4.69, 9.17) is 0 Å². The number of rotatable bonds is 5. The Morgan fingerprint density at radius 2 is 1.94 bits per heavy atom. The van der Waals surface area contributed by atoms with Crippen molar-refractivity contribution in [2.45, 2.75) is 27.7 Å². The van der Waals surface area contributed by atoms with Crippen molar-refractivity contribution in [2.24, 2.45) is 5.41 Å². The summed E-state index contributed by atoms with van der Waals surface area (Å²) < 4.78 is 0. The van der Waals surface area contributed by atoms with Gasteiger partial charge in [-0.05, 0) is 42.5 Å². The van der Waals surface area contributed by atoms with Crippen molar-refractivity contribution in [3.63, 3.8) is 0 Å². The van der Waals surface area contributed by atoms with Crippen molar-refractivity contribution >= 4 is 57.4 Å². The molecule has 1 saturated heterocycles. The number of carbonyl (C=O) groups is 3. The van der Waals surface area contributed by atoms with E-state index in [1.165, 1.54) is 4.90 Å². The topological polar surface area (TPSA) is 108 Å². The SMILES string of the molecule is CCN1C(=O)S/C(=C\c2ccc(Nc3cnc4[nH]cc(C(=O)C(C)(C)C)c4n3)cc2)C1=O. The summed E-state index contributed by atoms with van der Waals surface area (Å²) in [5, 5.41) is 2.94. The first kappa shape index (κ1) is 21.8. The lowest BCUT2D eigenvalue weighted by Gasteiger charge is -2.15. The lowest BCUT2D eigenvalue weighted by atomic mass is 9.87. The third kappa shape index (κ3) is 4.16. The number of aromatic amines is 1. The molecule has 32 heavy (non-hydrogen) atoms. The molecule has 0 atom stereocenters. The number of hydrogen-bond acceptors (Lipinski definition) is 7. The maximum Gasteiger partial charge on any atom is 0.293 e. The Labute approximate surface area is 189 Å². The summed E-state index contributed by atoms with van der Waals surface area (Å²) in [6.45, 7) is 7.74. The number of nitrogens with one attached hydrogen (secondary N) is 2. The fraction of sp³-hybridized carbons (Fsp3) is 0.261. The lowest BCUT2D eigenvalue weighted by Crippen LogP contribution is -2.27. The maximum atomic E-state index is 12.7. The van der Waals surface area contributed by atoms with Gasteiger partial charge in [0.2, 0.25) is 0 Å². The Morgan fingerprint density at radius 1 is 1.22 bits per heavy atom. The van der Waals surface area contributed by atoms with Crippen LogP contribution in [-0.2, 0) is 4.79 Å². The van der Waals surface area contributed by atoms with Crippen LogP contribution < -0.4 is 5.32 Å². The molecule has 0 unspecified atom stereocenters. The van der Waals surface area contributed by atoms with Crippen LogP contribution in [0.15, 0.2) is 41.6 Å². The van der Waals surface area contributed by atoms with Gasteiger partial charge in [-0.3, -0.25) is 19.3 Å². The fourth-order valence-corrected chi connectivity index (χ4v) is 4.17. The molecule has 2 N–H and O–H groups in total. The van der Waals surface area contributed by atoms with Crippen molar-refractivity contribution in [3.05, 3.63) is 52.7 Å². The quantitative estimate of drug-likeness (QED) is 0.417. The summed E-state index contributed by atoms with van der Waals surface area (Å²) in [4.78, 5) is 50.4. The number of thioether (sulfide) groups is 1. The van der Waals surface area contributed by atoms with Gasteiger partial charge in [0, 0.05) is 23.8 Å². The number of anilines is 2. The standard InChI is InChI=1S/C23H23N5O3S/c1-5-28-21(30)16(32-22(28)31)10-13-6-8-14(9-7-13)26-17-12-25-20-18(27-17)15(11-24-20)19(29)23(2,3)4/h6-12H,5H2,1-4H3,(H,24,25)(H,26,27)/b16-10-. The zero-order chi connectivity index (χ0) is 23.0. The Bertz CT molecular complexity index is 1250. The van der Waals surface area contributed by atoms with Gasteiger partial charge in [0.15, 0.2) is 11.4 Å². The van der Waals surface area contributed by atoms with Crippen LogP contribution in [0.3, 0.4) is 0 Å². The molecule has 0 radical (unpaired) electrons. The van der Waals surface area contributed by atoms with Gasteiger partial charge in [0.25, 0.3) is 11.1 Å². The fourth-order valence-electron chi connectivity index (χ4n) is 3.26. The summed E-state index contributed by atoms with van der Waals surface area (Å²) in [5.74, 6) is 0.240. The molecule has 1 fully saturated rings. The van der Waals surface area contributed by atoms with E-state index < -0.39 is 5.41 Å². The van der Waals surface area contributed by atoms with Gasteiger partial charge < -0.3 is 10.3 Å². The Hall–Kier alpha value is -3.46. The molecule has 4 rings (SSSR count). The zero-order valence-electron chi connectivity index (χ0n) is 18.2. The molecule has 8 nitrogen and oxygen atoms in total. The first-order valence-electron chi connectivity index (χ1n) is 10.2. The van der Waals surface area contributed by atoms with Crippen LogP contribution in [0.4, 0.5) is 16.3 Å². The lowest BCUT2D eigenvalue weighted by molar-refractivity contribution is -0.122. The summed E-state index contributed by atoms with van der Waals surface area (Å²) in [6, 6.07) is 7.39. The normalized spacial score (nSPS) is 15.8. The predicted molar refractivity (Wildman–Crippen MR) is 126 cm³/mol. The van der Waals surface area contributed by atoms with Gasteiger partial charge in [-0.1, -0.05) is 32.9 Å². The van der Waals surface area contributed by atoms with E-state index in [1.807, 2.05) is 45.0 Å². The molecule has 3 aromatic rings. The average Bonchev–Trinajstić information content (AvgIpc) is 3.28. The number of H-pyrrole nitrogens is 1. The number of carbonyl (C=O) groups excluding carboxylic acids is 3. The second-order valence-corrected chi connectivity index (χ2v) is 9.40. The van der Waals surface area contributed by atoms with E-state index in [1.54, 1.807) is 25.4 Å². The van der Waals surface area contributed by atoms with Gasteiger partial charge >= 0.3 is 0 Å². The number of hydrogen-bond donors (Lipinski definition) is 2. The molecule has 0 aliphatic carbocycles. The number of amides is 2. The van der Waals surface area contributed by atoms with Gasteiger partial charge in [0.05, 0.1) is 16.7 Å². The largest absolute Gasteiger partial charge is 0.344 e. The summed E-state index contributed by atoms with van der Waals surface area (Å²) in [5.41, 5.74) is 2.65. The first-order valence-corrected chi connectivity index (χ1v) is 11.0. The van der Waals surface area contributed by atoms with E-state index in [0.29, 0.717) is 34.0 Å². The van der Waals surface area contributed by atoms with Crippen molar-refractivity contribution in [2.75, 3.05) is 11.9 Å². The van der Waals surface area contributed by atoms with E-state index in [-0.39, 0.29) is 16.9 Å². The average molecular weight is 450 g/mol. The van der Waals surface area contributed by atoms with Crippen molar-refractivity contribution < 1.29 is 14.4 Å². The van der Waals surface area contributed by atoms with Crippen LogP contribution in [0.5, 0.6) is 0 Å². The number of fused-ring (bicyclic) bond motifs is 1. The minimum atomic E-state index is -0.525. The number of Topliss-reactive ketones (excluding diaryl/α,β-unsaturated/α-hetero) is 1. The van der Waals surface area contributed by atoms with Crippen LogP contribution in [0.1, 0.15) is 43.6 Å². The van der Waals surface area contributed by atoms with Crippen LogP contribution in [-0.4, -0.2) is 43.3 Å². The molecule has 1 aliphatic rings. The molecule has 1 aromatic carbocycles. The highest BCUT2D eigenvalue weighted by Gasteiger charge is 2.33. The maximum absolute atomic E-state index is 12.7. The third-order valence-electron chi connectivity index (χ3n) is 4.98. The van der Waals surface area contributed by atoms with E-state index in [0.717, 1.165) is 23.0 Å². The minimum Gasteiger partial charge on any atom is -0.344 e. The van der Waals surface area contributed by atoms with Crippen LogP contribution in [0.2, 0.25) is 0 Å². The Balaban J connectivity index is 1.54. The third-order valence-corrected chi connectivity index (χ3v) is 5.88. The van der Waals surface area contributed by atoms with E-state index >= 15 is 0 Å². The molecule has 0 spiro atoms. The van der Waals surface area contributed by atoms with Crippen molar-refractivity contribution in [1.82, 2.24) is 19.9 Å². The second-order valence-electron chi connectivity index (χ2n) is 8.41. The number of ketones is 1. The second kappa shape index (κ2) is 8.23. The number of imide groups is 1. The Morgan fingerprint density at radius 3 is 2.56 bits per heavy atom. The van der Waals surface area contributed by atoms with Gasteiger partial charge in [-0.25, -0.2) is 9.97 Å². The summed E-state index contributed by atoms with van der Waals surface area (Å²) in [7, 11) is 0. The van der Waals surface area contributed by atoms with E-state index in [9.17, 15) is 14.4 Å². The predicted octanol–water partition coefficient (Wildman–Crippen LogP) is 4.99. The molecule has 2 aromatic heterocycles. The monoisotopic (exact) mass is 449 g/mol. The van der Waals surface area contributed by atoms with Gasteiger partial charge in [0.1, 0.15) is 11.3 Å². The number of likely N-dealkylation sites (N-methyl/N-ethyl adjacent to an activating group) is 1. The van der Waals surface area contributed by atoms with Crippen molar-refractivity contribution in [3.8, 4) is 0 Å². The molecule has 0 bridgehead atoms. The number of benzene rings is 1. The van der Waals surface area contributed by atoms with Crippen LogP contribution in [0.25, 0.3) is 17.2 Å². The number of aromatic nitrogens is 3. The first-order chi connectivity index (χ1) is 15.2. The van der Waals surface area contributed by atoms with Crippen LogP contribution in [0, 0.1) is 5.41 Å². The molecule has 3 heterocycles. The minimum absolute atomic E-state index is 0.00737. The molecule has 0 saturated carbocycles. The molecule has 1 aliphatic heterocycles. The summed E-state index contributed by atoms with van der Waals surface area (Å²) >= 11 is 0.949. The van der Waals surface area contributed by atoms with E-state index in [2.05, 4.69) is 20.3 Å². The van der Waals surface area contributed by atoms with Crippen molar-refractivity contribution in [1.29, 1.82) is 0 Å². The highest BCUT2D eigenvalue weighted by molar-refractivity contribution is 8.18. The molecule has 9 heteroatoms. The van der Waals surface area contributed by atoms with Gasteiger partial charge in [-0.2, -0.15) is 0 Å². The number of nitrogens with zero attached hydrogens (tertiary/aromatic N) is 3. The van der Waals surface area contributed by atoms with Crippen LogP contribution >= 0.6 is 11.8 Å². The Kier molecular flexibility index (Phi) is 5.60.